The van der Waals surface area contributed by atoms with Crippen LogP contribution in [-0.4, -0.2) is 19.0 Å². The lowest BCUT2D eigenvalue weighted by atomic mass is 10.9. The van der Waals surface area contributed by atoms with Gasteiger partial charge in [-0.3, -0.25) is 4.99 Å². The monoisotopic (exact) mass is 89.0 g/mol. The Balaban J connectivity index is 2.62. The molecule has 0 N–H and O–H groups in total. The molecule has 0 aromatic heterocycles. The van der Waals surface area contributed by atoms with Crippen LogP contribution in [0, 0.1) is 0 Å². The van der Waals surface area contributed by atoms with E-state index in [-0.39, 0.29) is 0 Å². The number of nitrogens with zero attached hydrogens (tertiary/aromatic N) is 1. The normalized spacial score (nSPS) is 10.0. The van der Waals surface area contributed by atoms with Crippen LogP contribution in [0.25, 0.3) is 0 Å². The number of hydrogen-bond acceptors (Lipinski definition) is 2. The van der Waals surface area contributed by atoms with Crippen LogP contribution in [0.5, 0.6) is 0 Å². The molecule has 0 fully saturated rings. The van der Waals surface area contributed by atoms with E-state index in [9.17, 15) is 0 Å². The second-order valence-corrected chi connectivity index (χ2v) is 0.988. The zero-order chi connectivity index (χ0) is 4.12. The topological polar surface area (TPSA) is 12.4 Å². The molecule has 0 rings (SSSR count). The maximum absolute atomic E-state index is 3.85. The molecule has 30 valence electrons. The van der Waals surface area contributed by atoms with E-state index in [2.05, 4.69) is 17.6 Å². The summed E-state index contributed by atoms with van der Waals surface area (Å²) >= 11 is 3.85. The van der Waals surface area contributed by atoms with Gasteiger partial charge in [-0.05, 0) is 0 Å². The summed E-state index contributed by atoms with van der Waals surface area (Å²) in [6.07, 6.45) is 1.74. The molecule has 0 heterocycles. The van der Waals surface area contributed by atoms with Crippen LogP contribution in [0.15, 0.2) is 4.99 Å². The smallest absolute Gasteiger partial charge is 0.0273 e. The molecule has 0 aliphatic carbocycles. The van der Waals surface area contributed by atoms with Gasteiger partial charge in [-0.25, -0.2) is 0 Å². The summed E-state index contributed by atoms with van der Waals surface area (Å²) in [6, 6.07) is 0. The molecule has 1 nitrogen and oxygen atoms in total. The minimum absolute atomic E-state index is 0.747. The highest BCUT2D eigenvalue weighted by Gasteiger charge is 1.53. The summed E-state index contributed by atoms with van der Waals surface area (Å²) < 4.78 is 0. The summed E-state index contributed by atoms with van der Waals surface area (Å²) in [5, 5.41) is 0. The highest BCUT2D eigenvalue weighted by Crippen LogP contribution is 1.61. The summed E-state index contributed by atoms with van der Waals surface area (Å²) in [5.74, 6) is 0.747. The van der Waals surface area contributed by atoms with Crippen LogP contribution in [0.1, 0.15) is 0 Å². The molecule has 0 aliphatic heterocycles. The Hall–Kier alpha value is 0.0200. The molecule has 0 atom stereocenters. The molecule has 0 saturated heterocycles. The maximum Gasteiger partial charge on any atom is 0.0273 e. The first-order valence-corrected chi connectivity index (χ1v) is 2.06. The van der Waals surface area contributed by atoms with Gasteiger partial charge in [0.15, 0.2) is 0 Å². The lowest BCUT2D eigenvalue weighted by molar-refractivity contribution is 1.46. The van der Waals surface area contributed by atoms with Crippen LogP contribution >= 0.6 is 12.6 Å². The van der Waals surface area contributed by atoms with Gasteiger partial charge in [-0.1, -0.05) is 0 Å². The van der Waals surface area contributed by atoms with Crippen LogP contribution in [0.4, 0.5) is 0 Å². The minimum Gasteiger partial charge on any atom is -0.300 e. The molecule has 0 radical (unpaired) electrons. The van der Waals surface area contributed by atoms with Gasteiger partial charge < -0.3 is 0 Å². The molecular formula is C3H7NS. The molecule has 0 aromatic rings. The molecule has 0 saturated carbocycles. The molecule has 0 aliphatic rings. The maximum atomic E-state index is 3.85. The Bertz CT molecular complexity index is 33.9. The summed E-state index contributed by atoms with van der Waals surface area (Å²) in [5.41, 5.74) is 0. The van der Waals surface area contributed by atoms with E-state index in [4.69, 9.17) is 0 Å². The Morgan fingerprint density at radius 3 is 2.60 bits per heavy atom. The Kier molecular flexibility index (Phi) is 4.04. The third-order valence-electron chi connectivity index (χ3n) is 0.264. The quantitative estimate of drug-likeness (QED) is 0.357. The van der Waals surface area contributed by atoms with Crippen LogP contribution in [0.2, 0.25) is 0 Å². The summed E-state index contributed by atoms with van der Waals surface area (Å²) in [4.78, 5) is 3.65. The third-order valence-corrected chi connectivity index (χ3v) is 0.428. The second-order valence-electron chi connectivity index (χ2n) is 0.623. The second kappa shape index (κ2) is 4.02. The first kappa shape index (κ1) is 5.02. The van der Waals surface area contributed by atoms with Crippen molar-refractivity contribution in [2.24, 2.45) is 4.99 Å². The number of rotatable bonds is 1. The summed E-state index contributed by atoms with van der Waals surface area (Å²) in [6.45, 7) is 0. The number of thiol groups is 1. The van der Waals surface area contributed by atoms with Crippen LogP contribution in [0.3, 0.4) is 0 Å². The fourth-order valence-electron chi connectivity index (χ4n) is 0.0816. The first-order chi connectivity index (χ1) is 2.41. The molecule has 0 unspecified atom stereocenters. The largest absolute Gasteiger partial charge is 0.300 e. The van der Waals surface area contributed by atoms with Gasteiger partial charge >= 0.3 is 0 Å². The van der Waals surface area contributed by atoms with Gasteiger partial charge in [0.1, 0.15) is 0 Å². The van der Waals surface area contributed by atoms with Crippen molar-refractivity contribution in [3.8, 4) is 0 Å². The van der Waals surface area contributed by atoms with E-state index in [0.717, 1.165) is 5.75 Å². The van der Waals surface area contributed by atoms with Gasteiger partial charge in [0, 0.05) is 19.0 Å². The standard InChI is InChI=1S/C3H7NS/c1-4-2-3-5/h2,5H,3H2,1H3/b4-2-. The van der Waals surface area contributed by atoms with Crippen LogP contribution in [-0.2, 0) is 0 Å². The average Bonchev–Trinajstić information content (AvgIpc) is 1.41. The van der Waals surface area contributed by atoms with Crippen LogP contribution < -0.4 is 0 Å². The molecule has 5 heavy (non-hydrogen) atoms. The average molecular weight is 89.2 g/mol. The fourth-order valence-corrected chi connectivity index (χ4v) is 0.245. The number of hydrogen-bond donors (Lipinski definition) is 1. The lowest BCUT2D eigenvalue weighted by Gasteiger charge is -1.65. The van der Waals surface area contributed by atoms with Gasteiger partial charge in [0.05, 0.1) is 0 Å². The Labute approximate surface area is 37.5 Å². The minimum atomic E-state index is 0.747. The number of aliphatic imine (C=N–C) groups is 1. The van der Waals surface area contributed by atoms with Crippen molar-refractivity contribution in [2.75, 3.05) is 12.8 Å². The van der Waals surface area contributed by atoms with Crippen molar-refractivity contribution in [3.05, 3.63) is 0 Å². The van der Waals surface area contributed by atoms with Gasteiger partial charge in [0.2, 0.25) is 0 Å². The SMILES string of the molecule is C/N=C\CS. The molecule has 0 amide bonds. The van der Waals surface area contributed by atoms with E-state index in [1.54, 1.807) is 13.3 Å². The zero-order valence-electron chi connectivity index (χ0n) is 3.18. The third kappa shape index (κ3) is 4.02. The Morgan fingerprint density at radius 1 is 2.00 bits per heavy atom. The van der Waals surface area contributed by atoms with Crippen molar-refractivity contribution in [1.82, 2.24) is 0 Å². The van der Waals surface area contributed by atoms with Gasteiger partial charge in [-0.15, -0.1) is 0 Å². The molecule has 0 bridgehead atoms. The van der Waals surface area contributed by atoms with E-state index >= 15 is 0 Å². The molecular weight excluding hydrogens is 82.1 g/mol. The lowest BCUT2D eigenvalue weighted by Crippen LogP contribution is -1.67. The first-order valence-electron chi connectivity index (χ1n) is 1.43. The van der Waals surface area contributed by atoms with E-state index < -0.39 is 0 Å². The molecule has 0 spiro atoms. The van der Waals surface area contributed by atoms with Crippen molar-refractivity contribution in [2.45, 2.75) is 0 Å². The van der Waals surface area contributed by atoms with Crippen molar-refractivity contribution >= 4 is 18.8 Å². The zero-order valence-corrected chi connectivity index (χ0v) is 4.07. The molecule has 2 heteroatoms. The van der Waals surface area contributed by atoms with Crippen molar-refractivity contribution in [1.29, 1.82) is 0 Å². The van der Waals surface area contributed by atoms with E-state index in [0.29, 0.717) is 0 Å². The van der Waals surface area contributed by atoms with E-state index in [1.807, 2.05) is 0 Å². The predicted molar refractivity (Wildman–Crippen MR) is 28.3 cm³/mol. The highest BCUT2D eigenvalue weighted by molar-refractivity contribution is 7.80. The highest BCUT2D eigenvalue weighted by atomic mass is 32.1. The van der Waals surface area contributed by atoms with E-state index in [1.165, 1.54) is 0 Å². The molecule has 0 aromatic carbocycles. The fraction of sp³-hybridized carbons (Fsp3) is 0.667. The van der Waals surface area contributed by atoms with Gasteiger partial charge in [0.25, 0.3) is 0 Å². The predicted octanol–water partition coefficient (Wildman–Crippen LogP) is 0.617. The summed E-state index contributed by atoms with van der Waals surface area (Å²) in [7, 11) is 1.73. The van der Waals surface area contributed by atoms with Crippen molar-refractivity contribution in [3.63, 3.8) is 0 Å². The van der Waals surface area contributed by atoms with Crippen molar-refractivity contribution < 1.29 is 0 Å². The van der Waals surface area contributed by atoms with Gasteiger partial charge in [-0.2, -0.15) is 12.6 Å². The Morgan fingerprint density at radius 2 is 2.60 bits per heavy atom.